The van der Waals surface area contributed by atoms with Crippen LogP contribution in [0.25, 0.3) is 0 Å². The fourth-order valence-electron chi connectivity index (χ4n) is 3.30. The van der Waals surface area contributed by atoms with E-state index in [2.05, 4.69) is 17.6 Å². The number of amides is 1. The molecule has 0 spiro atoms. The van der Waals surface area contributed by atoms with E-state index in [1.54, 1.807) is 0 Å². The third-order valence-electron chi connectivity index (χ3n) is 5.07. The van der Waals surface area contributed by atoms with Crippen LogP contribution in [-0.4, -0.2) is 30.8 Å². The molecule has 0 fully saturated rings. The van der Waals surface area contributed by atoms with Crippen LogP contribution in [0.3, 0.4) is 0 Å². The topological polar surface area (TPSA) is 59.6 Å². The summed E-state index contributed by atoms with van der Waals surface area (Å²) in [4.78, 5) is 12.1. The molecule has 1 aromatic rings. The molecule has 1 aromatic carbocycles. The number of carbonyl (C=O) groups excluding carboxylic acids is 1. The molecule has 0 radical (unpaired) electrons. The minimum atomic E-state index is -0.0238. The zero-order valence-electron chi connectivity index (χ0n) is 19.5. The highest BCUT2D eigenvalue weighted by Gasteiger charge is 2.05. The summed E-state index contributed by atoms with van der Waals surface area (Å²) in [5.41, 5.74) is 0.817. The Kier molecular flexibility index (Phi) is 16.8. The number of rotatable bonds is 18. The second-order valence-corrected chi connectivity index (χ2v) is 8.27. The van der Waals surface area contributed by atoms with Gasteiger partial charge in [0.1, 0.15) is 12.4 Å². The van der Waals surface area contributed by atoms with Gasteiger partial charge in [-0.15, -0.1) is 0 Å². The summed E-state index contributed by atoms with van der Waals surface area (Å²) in [6, 6.07) is 7.48. The highest BCUT2D eigenvalue weighted by molar-refractivity contribution is 7.80. The van der Waals surface area contributed by atoms with Gasteiger partial charge in [0.05, 0.1) is 6.61 Å². The van der Waals surface area contributed by atoms with Crippen molar-refractivity contribution in [3.05, 3.63) is 24.3 Å². The summed E-state index contributed by atoms with van der Waals surface area (Å²) >= 11 is 5.24. The van der Waals surface area contributed by atoms with Crippen LogP contribution in [-0.2, 0) is 9.53 Å². The van der Waals surface area contributed by atoms with Gasteiger partial charge in [-0.3, -0.25) is 4.79 Å². The maximum absolute atomic E-state index is 12.1. The van der Waals surface area contributed by atoms with Crippen LogP contribution in [0.1, 0.15) is 90.9 Å². The van der Waals surface area contributed by atoms with Crippen LogP contribution in [0, 0.1) is 0 Å². The predicted octanol–water partition coefficient (Wildman–Crippen LogP) is 6.62. The lowest BCUT2D eigenvalue weighted by Crippen LogP contribution is -2.33. The molecule has 0 unspecified atom stereocenters. The van der Waals surface area contributed by atoms with Crippen molar-refractivity contribution in [2.45, 2.75) is 90.9 Å². The van der Waals surface area contributed by atoms with E-state index in [1.807, 2.05) is 31.2 Å². The molecule has 0 bridgehead atoms. The highest BCUT2D eigenvalue weighted by Crippen LogP contribution is 2.16. The number of benzene rings is 1. The number of hydrogen-bond acceptors (Lipinski definition) is 4. The summed E-state index contributed by atoms with van der Waals surface area (Å²) in [5.74, 6) is 0.751. The lowest BCUT2D eigenvalue weighted by Gasteiger charge is -2.11. The van der Waals surface area contributed by atoms with Crippen LogP contribution in [0.5, 0.6) is 5.75 Å². The molecule has 0 aliphatic heterocycles. The Morgan fingerprint density at radius 2 is 1.42 bits per heavy atom. The average molecular weight is 451 g/mol. The van der Waals surface area contributed by atoms with Crippen molar-refractivity contribution in [3.63, 3.8) is 0 Å². The number of thiocarbonyl (C=S) groups is 1. The van der Waals surface area contributed by atoms with E-state index < -0.39 is 0 Å². The zero-order valence-corrected chi connectivity index (χ0v) is 20.4. The molecule has 31 heavy (non-hydrogen) atoms. The number of carbonyl (C=O) groups is 1. The summed E-state index contributed by atoms with van der Waals surface area (Å²) in [5, 5.41) is 6.13. The van der Waals surface area contributed by atoms with Crippen molar-refractivity contribution in [2.75, 3.05) is 25.1 Å². The number of hydrogen-bond donors (Lipinski definition) is 2. The molecule has 0 aromatic heterocycles. The molecule has 5 nitrogen and oxygen atoms in total. The third-order valence-corrected chi connectivity index (χ3v) is 5.28. The van der Waals surface area contributed by atoms with Crippen molar-refractivity contribution in [1.29, 1.82) is 0 Å². The van der Waals surface area contributed by atoms with Gasteiger partial charge in [-0.05, 0) is 49.8 Å². The van der Waals surface area contributed by atoms with Gasteiger partial charge in [-0.25, -0.2) is 0 Å². The summed E-state index contributed by atoms with van der Waals surface area (Å²) in [6.07, 6.45) is 14.5. The largest absolute Gasteiger partial charge is 0.491 e. The molecule has 0 saturated heterocycles. The Morgan fingerprint density at radius 3 is 2.00 bits per heavy atom. The number of nitrogens with one attached hydrogen (secondary N) is 2. The molecule has 6 heteroatoms. The van der Waals surface area contributed by atoms with Gasteiger partial charge in [0.25, 0.3) is 0 Å². The first-order chi connectivity index (χ1) is 15.2. The summed E-state index contributed by atoms with van der Waals surface area (Å²) in [7, 11) is 0. The van der Waals surface area contributed by atoms with Gasteiger partial charge in [-0.1, -0.05) is 71.1 Å². The maximum Gasteiger partial charge on any atom is 0.226 e. The van der Waals surface area contributed by atoms with E-state index >= 15 is 0 Å². The van der Waals surface area contributed by atoms with Crippen molar-refractivity contribution in [1.82, 2.24) is 5.32 Å². The minimum absolute atomic E-state index is 0.0238. The normalized spacial score (nSPS) is 10.6. The lowest BCUT2D eigenvalue weighted by molar-refractivity contribution is -0.119. The van der Waals surface area contributed by atoms with Crippen molar-refractivity contribution in [3.8, 4) is 5.75 Å². The highest BCUT2D eigenvalue weighted by atomic mass is 32.1. The molecular formula is C25H42N2O3S. The van der Waals surface area contributed by atoms with Gasteiger partial charge < -0.3 is 20.1 Å². The third kappa shape index (κ3) is 15.7. The minimum Gasteiger partial charge on any atom is -0.491 e. The predicted molar refractivity (Wildman–Crippen MR) is 134 cm³/mol. The summed E-state index contributed by atoms with van der Waals surface area (Å²) in [6.45, 7) is 6.00. The first-order valence-electron chi connectivity index (χ1n) is 12.1. The zero-order chi connectivity index (χ0) is 22.6. The number of ether oxygens (including phenoxy) is 2. The standard InChI is InChI=1S/C25H42N2O3S/c1-3-5-6-7-8-9-10-11-12-13-14-15-24(28)27-25(31)26-22-16-18-23(19-17-22)30-21-20-29-4-2/h16-19H,3-15,20-21H2,1-2H3,(H2,26,27,28,31). The molecule has 1 amide bonds. The first-order valence-corrected chi connectivity index (χ1v) is 12.5. The van der Waals surface area contributed by atoms with Crippen LogP contribution in [0.2, 0.25) is 0 Å². The molecule has 0 saturated carbocycles. The van der Waals surface area contributed by atoms with E-state index in [1.165, 1.54) is 57.8 Å². The lowest BCUT2D eigenvalue weighted by atomic mass is 10.1. The Hall–Kier alpha value is -1.66. The van der Waals surface area contributed by atoms with E-state index in [0.717, 1.165) is 24.3 Å². The molecule has 0 aliphatic carbocycles. The fourth-order valence-corrected chi connectivity index (χ4v) is 3.53. The van der Waals surface area contributed by atoms with Gasteiger partial charge in [0.2, 0.25) is 5.91 Å². The average Bonchev–Trinajstić information content (AvgIpc) is 2.76. The van der Waals surface area contributed by atoms with Crippen LogP contribution in [0.15, 0.2) is 24.3 Å². The molecular weight excluding hydrogens is 408 g/mol. The van der Waals surface area contributed by atoms with Crippen molar-refractivity contribution < 1.29 is 14.3 Å². The molecule has 2 N–H and O–H groups in total. The molecule has 0 atom stereocenters. The van der Waals surface area contributed by atoms with Crippen molar-refractivity contribution >= 4 is 28.9 Å². The monoisotopic (exact) mass is 450 g/mol. The second-order valence-electron chi connectivity index (χ2n) is 7.86. The molecule has 1 rings (SSSR count). The second kappa shape index (κ2) is 19.1. The molecule has 176 valence electrons. The van der Waals surface area contributed by atoms with E-state index in [9.17, 15) is 4.79 Å². The summed E-state index contributed by atoms with van der Waals surface area (Å²) < 4.78 is 10.8. The van der Waals surface area contributed by atoms with Gasteiger partial charge in [-0.2, -0.15) is 0 Å². The van der Waals surface area contributed by atoms with Gasteiger partial charge in [0.15, 0.2) is 5.11 Å². The van der Waals surface area contributed by atoms with Crippen molar-refractivity contribution in [2.24, 2.45) is 0 Å². The Labute approximate surface area is 194 Å². The molecule has 0 heterocycles. The van der Waals surface area contributed by atoms with E-state index in [-0.39, 0.29) is 5.91 Å². The first kappa shape index (κ1) is 27.4. The quantitative estimate of drug-likeness (QED) is 0.194. The Bertz CT molecular complexity index is 593. The molecule has 0 aliphatic rings. The number of anilines is 1. The Morgan fingerprint density at radius 1 is 0.839 bits per heavy atom. The maximum atomic E-state index is 12.1. The van der Waals surface area contributed by atoms with Crippen LogP contribution < -0.4 is 15.4 Å². The van der Waals surface area contributed by atoms with E-state index in [4.69, 9.17) is 21.7 Å². The van der Waals surface area contributed by atoms with Crippen LogP contribution in [0.4, 0.5) is 5.69 Å². The van der Waals surface area contributed by atoms with E-state index in [0.29, 0.717) is 31.4 Å². The Balaban J connectivity index is 2.04. The number of unbranched alkanes of at least 4 members (excludes halogenated alkanes) is 10. The van der Waals surface area contributed by atoms with Gasteiger partial charge in [0, 0.05) is 18.7 Å². The fraction of sp³-hybridized carbons (Fsp3) is 0.680. The SMILES string of the molecule is CCCCCCCCCCCCCC(=O)NC(=S)Nc1ccc(OCCOCC)cc1. The smallest absolute Gasteiger partial charge is 0.226 e. The van der Waals surface area contributed by atoms with Crippen LogP contribution >= 0.6 is 12.2 Å². The van der Waals surface area contributed by atoms with Gasteiger partial charge >= 0.3 is 0 Å².